The Morgan fingerprint density at radius 1 is 1.14 bits per heavy atom. The lowest BCUT2D eigenvalue weighted by atomic mass is 10.4. The molecule has 1 radical (unpaired) electrons. The smallest absolute Gasteiger partial charge is 0.491 e. The Balaban J connectivity index is 2.65. The normalized spacial score (nSPS) is 17.7. The van der Waals surface area contributed by atoms with Gasteiger partial charge in [-0.25, -0.2) is 9.59 Å². The van der Waals surface area contributed by atoms with Crippen molar-refractivity contribution >= 4 is 19.6 Å². The summed E-state index contributed by atoms with van der Waals surface area (Å²) in [6.07, 6.45) is 0. The molecule has 0 aromatic carbocycles. The van der Waals surface area contributed by atoms with Crippen molar-refractivity contribution in [2.24, 2.45) is 0 Å². The lowest BCUT2D eigenvalue weighted by molar-refractivity contribution is -0.150. The summed E-state index contributed by atoms with van der Waals surface area (Å²) < 4.78 is 7.86. The topological polar surface area (TPSA) is 52.6 Å². The van der Waals surface area contributed by atoms with E-state index >= 15 is 0 Å². The van der Waals surface area contributed by atoms with Crippen molar-refractivity contribution in [3.05, 3.63) is 0 Å². The highest BCUT2D eigenvalue weighted by atomic mass is 16.7. The Labute approximate surface area is 39.7 Å². The maximum atomic E-state index is 9.85. The number of hydrogen-bond acceptors (Lipinski definition) is 4. The first-order chi connectivity index (χ1) is 3.30. The molecule has 0 unspecified atom stereocenters. The molecule has 1 heterocycles. The van der Waals surface area contributed by atoms with Gasteiger partial charge in [-0.05, 0) is 0 Å². The molecule has 1 aliphatic heterocycles. The first-order valence-electron chi connectivity index (χ1n) is 1.54. The fraction of sp³-hybridized carbons (Fsp3) is 0. The van der Waals surface area contributed by atoms with Crippen molar-refractivity contribution in [2.75, 3.05) is 0 Å². The van der Waals surface area contributed by atoms with Gasteiger partial charge in [0, 0.05) is 0 Å². The quantitative estimate of drug-likeness (QED) is 0.277. The zero-order chi connectivity index (χ0) is 5.28. The summed E-state index contributed by atoms with van der Waals surface area (Å²) in [6, 6.07) is 0. The van der Waals surface area contributed by atoms with Crippen molar-refractivity contribution in [2.45, 2.75) is 0 Å². The van der Waals surface area contributed by atoms with Gasteiger partial charge in [0.25, 0.3) is 0 Å². The molecule has 0 N–H and O–H groups in total. The second-order valence-electron chi connectivity index (χ2n) is 0.907. The highest BCUT2D eigenvalue weighted by molar-refractivity contribution is 6.47. The zero-order valence-electron chi connectivity index (χ0n) is 3.21. The maximum Gasteiger partial charge on any atom is 0.662 e. The van der Waals surface area contributed by atoms with Crippen LogP contribution in [-0.2, 0) is 18.9 Å². The predicted octanol–water partition coefficient (Wildman–Crippen LogP) is -1.38. The van der Waals surface area contributed by atoms with E-state index in [4.69, 9.17) is 0 Å². The number of rotatable bonds is 0. The average Bonchev–Trinajstić information content (AvgIpc) is 1.91. The molecule has 1 fully saturated rings. The van der Waals surface area contributed by atoms with Crippen LogP contribution in [0.5, 0.6) is 0 Å². The van der Waals surface area contributed by atoms with Crippen LogP contribution < -0.4 is 0 Å². The Kier molecular flexibility index (Phi) is 0.747. The number of carbonyl (C=O) groups is 2. The molecule has 35 valence electrons. The van der Waals surface area contributed by atoms with Crippen LogP contribution in [-0.4, -0.2) is 19.6 Å². The molecular formula is C2BO4. The fourth-order valence-corrected chi connectivity index (χ4v) is 0.208. The first kappa shape index (κ1) is 4.17. The van der Waals surface area contributed by atoms with Crippen LogP contribution in [0.1, 0.15) is 0 Å². The molecule has 1 aliphatic rings. The SMILES string of the molecule is O=C1O[B]OC1=O. The van der Waals surface area contributed by atoms with Crippen LogP contribution in [0.2, 0.25) is 0 Å². The zero-order valence-corrected chi connectivity index (χ0v) is 3.21. The summed E-state index contributed by atoms with van der Waals surface area (Å²) in [5.41, 5.74) is 0. The Morgan fingerprint density at radius 2 is 1.57 bits per heavy atom. The van der Waals surface area contributed by atoms with E-state index in [-0.39, 0.29) is 0 Å². The molecule has 5 heteroatoms. The Bertz CT molecular complexity index is 105. The van der Waals surface area contributed by atoms with Crippen molar-refractivity contribution in [1.82, 2.24) is 0 Å². The van der Waals surface area contributed by atoms with Crippen molar-refractivity contribution in [3.8, 4) is 0 Å². The van der Waals surface area contributed by atoms with Crippen LogP contribution >= 0.6 is 0 Å². The fourth-order valence-electron chi connectivity index (χ4n) is 0.208. The molecular weight excluding hydrogens is 98.8 g/mol. The van der Waals surface area contributed by atoms with E-state index in [9.17, 15) is 9.59 Å². The lowest BCUT2D eigenvalue weighted by Gasteiger charge is -1.74. The first-order valence-corrected chi connectivity index (χ1v) is 1.54. The van der Waals surface area contributed by atoms with Crippen LogP contribution in [0.4, 0.5) is 0 Å². The van der Waals surface area contributed by atoms with Gasteiger partial charge < -0.3 is 9.31 Å². The van der Waals surface area contributed by atoms with E-state index in [1.807, 2.05) is 0 Å². The van der Waals surface area contributed by atoms with Crippen molar-refractivity contribution < 1.29 is 18.9 Å². The molecule has 0 bridgehead atoms. The van der Waals surface area contributed by atoms with Gasteiger partial charge in [-0.15, -0.1) is 0 Å². The van der Waals surface area contributed by atoms with E-state index in [1.54, 1.807) is 0 Å². The van der Waals surface area contributed by atoms with Gasteiger partial charge in [-0.2, -0.15) is 0 Å². The Morgan fingerprint density at radius 3 is 1.71 bits per heavy atom. The summed E-state index contributed by atoms with van der Waals surface area (Å²) in [7, 11) is 0.699. The van der Waals surface area contributed by atoms with E-state index in [1.165, 1.54) is 0 Å². The van der Waals surface area contributed by atoms with Gasteiger partial charge in [0.15, 0.2) is 0 Å². The number of carbonyl (C=O) groups excluding carboxylic acids is 2. The third-order valence-corrected chi connectivity index (χ3v) is 0.477. The van der Waals surface area contributed by atoms with Gasteiger partial charge >= 0.3 is 19.6 Å². The molecule has 0 saturated carbocycles. The van der Waals surface area contributed by atoms with E-state index < -0.39 is 11.9 Å². The van der Waals surface area contributed by atoms with Crippen LogP contribution in [0, 0.1) is 0 Å². The third-order valence-electron chi connectivity index (χ3n) is 0.477. The van der Waals surface area contributed by atoms with Gasteiger partial charge in [0.05, 0.1) is 0 Å². The molecule has 0 aliphatic carbocycles. The van der Waals surface area contributed by atoms with Gasteiger partial charge in [0.1, 0.15) is 0 Å². The summed E-state index contributed by atoms with van der Waals surface area (Å²) in [6.45, 7) is 0. The van der Waals surface area contributed by atoms with Gasteiger partial charge in [0.2, 0.25) is 0 Å². The van der Waals surface area contributed by atoms with Crippen molar-refractivity contribution in [1.29, 1.82) is 0 Å². The molecule has 0 amide bonds. The lowest BCUT2D eigenvalue weighted by Crippen LogP contribution is -2.05. The third kappa shape index (κ3) is 0.557. The minimum absolute atomic E-state index is 0.699. The van der Waals surface area contributed by atoms with Gasteiger partial charge in [-0.1, -0.05) is 0 Å². The van der Waals surface area contributed by atoms with Crippen molar-refractivity contribution in [3.63, 3.8) is 0 Å². The summed E-state index contributed by atoms with van der Waals surface area (Å²) in [5.74, 6) is -1.92. The van der Waals surface area contributed by atoms with Crippen LogP contribution in [0.15, 0.2) is 0 Å². The summed E-state index contributed by atoms with van der Waals surface area (Å²) in [5, 5.41) is 0. The second-order valence-corrected chi connectivity index (χ2v) is 0.907. The minimum atomic E-state index is -0.958. The summed E-state index contributed by atoms with van der Waals surface area (Å²) in [4.78, 5) is 19.7. The predicted molar refractivity (Wildman–Crippen MR) is 17.9 cm³/mol. The summed E-state index contributed by atoms with van der Waals surface area (Å²) >= 11 is 0. The molecule has 0 aromatic heterocycles. The highest BCUT2D eigenvalue weighted by Crippen LogP contribution is 1.89. The molecule has 0 aromatic rings. The van der Waals surface area contributed by atoms with Crippen LogP contribution in [0.25, 0.3) is 0 Å². The largest absolute Gasteiger partial charge is 0.662 e. The van der Waals surface area contributed by atoms with Gasteiger partial charge in [-0.3, -0.25) is 0 Å². The van der Waals surface area contributed by atoms with E-state index in [0.29, 0.717) is 7.69 Å². The molecule has 0 atom stereocenters. The second kappa shape index (κ2) is 1.25. The number of hydrogen-bond donors (Lipinski definition) is 0. The molecule has 0 spiro atoms. The molecule has 4 nitrogen and oxygen atoms in total. The maximum absolute atomic E-state index is 9.85. The van der Waals surface area contributed by atoms with Crippen LogP contribution in [0.3, 0.4) is 0 Å². The van der Waals surface area contributed by atoms with E-state index in [0.717, 1.165) is 0 Å². The average molecular weight is 98.8 g/mol. The highest BCUT2D eigenvalue weighted by Gasteiger charge is 2.27. The monoisotopic (exact) mass is 99.0 g/mol. The van der Waals surface area contributed by atoms with E-state index in [2.05, 4.69) is 9.31 Å². The molecule has 1 saturated heterocycles. The molecule has 7 heavy (non-hydrogen) atoms. The molecule has 1 rings (SSSR count). The Hall–Kier alpha value is -0.995. The minimum Gasteiger partial charge on any atom is -0.491 e. The standard InChI is InChI=1S/C2BO4/c4-1-2(5)7-3-6-1.